The van der Waals surface area contributed by atoms with E-state index in [1.807, 2.05) is 0 Å². The Labute approximate surface area is 129 Å². The van der Waals surface area contributed by atoms with Crippen molar-refractivity contribution in [3.63, 3.8) is 0 Å². The first-order chi connectivity index (χ1) is 10.7. The summed E-state index contributed by atoms with van der Waals surface area (Å²) in [5.74, 6) is 0. The number of hydrogen-bond donors (Lipinski definition) is 1. The Morgan fingerprint density at radius 3 is 2.26 bits per heavy atom. The molecule has 0 radical (unpaired) electrons. The van der Waals surface area contributed by atoms with Crippen molar-refractivity contribution in [3.05, 3.63) is 54.1 Å². The molecule has 0 spiro atoms. The lowest BCUT2D eigenvalue weighted by atomic mass is 10.2. The number of sulfonamides is 1. The third-order valence-corrected chi connectivity index (χ3v) is 5.01. The molecule has 0 atom stereocenters. The Morgan fingerprint density at radius 1 is 1.00 bits per heavy atom. The minimum Gasteiger partial charge on any atom is -0.305 e. The predicted molar refractivity (Wildman–Crippen MR) is 76.6 cm³/mol. The molecule has 1 heterocycles. The van der Waals surface area contributed by atoms with Gasteiger partial charge in [-0.3, -0.25) is 0 Å². The highest BCUT2D eigenvalue weighted by molar-refractivity contribution is 7.94. The van der Waals surface area contributed by atoms with Gasteiger partial charge in [0.1, 0.15) is 4.90 Å². The van der Waals surface area contributed by atoms with Gasteiger partial charge in [0.25, 0.3) is 10.0 Å². The maximum atomic E-state index is 12.7. The van der Waals surface area contributed by atoms with Crippen molar-refractivity contribution in [1.29, 1.82) is 0 Å². The van der Waals surface area contributed by atoms with Gasteiger partial charge >= 0.3 is 12.2 Å². The monoisotopic (exact) mass is 342 g/mol. The Hall–Kier alpha value is -2.55. The number of amides is 2. The standard InChI is InChI=1S/C14H9F3N2O3S/c15-14(16,17)9-6-7-12-11(8-9)18-13(20)19(23(12,21)22)10-4-2-1-3-5-10/h1-8H,(H,18,20). The lowest BCUT2D eigenvalue weighted by Gasteiger charge is -2.29. The van der Waals surface area contributed by atoms with E-state index >= 15 is 0 Å². The van der Waals surface area contributed by atoms with Gasteiger partial charge in [0.2, 0.25) is 0 Å². The number of halogens is 3. The summed E-state index contributed by atoms with van der Waals surface area (Å²) in [4.78, 5) is 11.7. The number of alkyl halides is 3. The van der Waals surface area contributed by atoms with Gasteiger partial charge in [-0.05, 0) is 30.3 Å². The van der Waals surface area contributed by atoms with Gasteiger partial charge in [-0.15, -0.1) is 0 Å². The van der Waals surface area contributed by atoms with E-state index < -0.39 is 38.4 Å². The Kier molecular flexibility index (Phi) is 3.33. The van der Waals surface area contributed by atoms with Crippen molar-refractivity contribution in [2.75, 3.05) is 9.62 Å². The number of para-hydroxylation sites is 1. The highest BCUT2D eigenvalue weighted by Crippen LogP contribution is 2.38. The lowest BCUT2D eigenvalue weighted by molar-refractivity contribution is -0.137. The Balaban J connectivity index is 2.15. The van der Waals surface area contributed by atoms with E-state index in [1.54, 1.807) is 18.2 Å². The Morgan fingerprint density at radius 2 is 1.65 bits per heavy atom. The van der Waals surface area contributed by atoms with Crippen LogP contribution in [0.1, 0.15) is 5.56 Å². The van der Waals surface area contributed by atoms with Crippen molar-refractivity contribution in [2.24, 2.45) is 0 Å². The predicted octanol–water partition coefficient (Wildman–Crippen LogP) is 3.45. The fraction of sp³-hybridized carbons (Fsp3) is 0.0714. The number of benzene rings is 2. The van der Waals surface area contributed by atoms with E-state index in [0.717, 1.165) is 6.07 Å². The molecule has 0 fully saturated rings. The number of hydrogen-bond acceptors (Lipinski definition) is 3. The van der Waals surface area contributed by atoms with Crippen molar-refractivity contribution in [1.82, 2.24) is 0 Å². The molecule has 3 rings (SSSR count). The van der Waals surface area contributed by atoms with Crippen LogP contribution in [0, 0.1) is 0 Å². The van der Waals surface area contributed by atoms with Gasteiger partial charge in [-0.1, -0.05) is 18.2 Å². The minimum atomic E-state index is -4.64. The van der Waals surface area contributed by atoms with Gasteiger partial charge in [-0.25, -0.2) is 13.2 Å². The highest BCUT2D eigenvalue weighted by atomic mass is 32.2. The molecular weight excluding hydrogens is 333 g/mol. The summed E-state index contributed by atoms with van der Waals surface area (Å²) in [6, 6.07) is 8.61. The van der Waals surface area contributed by atoms with Crippen LogP contribution in [0.4, 0.5) is 29.3 Å². The summed E-state index contributed by atoms with van der Waals surface area (Å²) in [6.07, 6.45) is -4.64. The van der Waals surface area contributed by atoms with Crippen LogP contribution in [0.3, 0.4) is 0 Å². The quantitative estimate of drug-likeness (QED) is 0.863. The van der Waals surface area contributed by atoms with Crippen LogP contribution < -0.4 is 9.62 Å². The molecule has 2 amide bonds. The van der Waals surface area contributed by atoms with Crippen LogP contribution >= 0.6 is 0 Å². The maximum absolute atomic E-state index is 12.7. The molecule has 0 unspecified atom stereocenters. The van der Waals surface area contributed by atoms with E-state index in [9.17, 15) is 26.4 Å². The third-order valence-electron chi connectivity index (χ3n) is 3.24. The van der Waals surface area contributed by atoms with Crippen LogP contribution in [0.5, 0.6) is 0 Å². The summed E-state index contributed by atoms with van der Waals surface area (Å²) >= 11 is 0. The van der Waals surface area contributed by atoms with Gasteiger partial charge in [0, 0.05) is 0 Å². The second-order valence-electron chi connectivity index (χ2n) is 4.74. The highest BCUT2D eigenvalue weighted by Gasteiger charge is 2.40. The molecule has 1 aliphatic rings. The van der Waals surface area contributed by atoms with Gasteiger partial charge < -0.3 is 5.32 Å². The van der Waals surface area contributed by atoms with E-state index in [-0.39, 0.29) is 5.69 Å². The topological polar surface area (TPSA) is 66.5 Å². The van der Waals surface area contributed by atoms with Crippen molar-refractivity contribution >= 4 is 27.4 Å². The van der Waals surface area contributed by atoms with Crippen LogP contribution in [-0.2, 0) is 16.2 Å². The molecule has 0 aliphatic carbocycles. The zero-order valence-electron chi connectivity index (χ0n) is 11.3. The molecule has 0 aromatic heterocycles. The van der Waals surface area contributed by atoms with Gasteiger partial charge in [0.05, 0.1) is 16.9 Å². The second kappa shape index (κ2) is 4.98. The fourth-order valence-electron chi connectivity index (χ4n) is 2.22. The second-order valence-corrected chi connectivity index (χ2v) is 6.50. The average Bonchev–Trinajstić information content (AvgIpc) is 2.46. The van der Waals surface area contributed by atoms with Crippen molar-refractivity contribution < 1.29 is 26.4 Å². The minimum absolute atomic E-state index is 0.0931. The molecule has 0 saturated carbocycles. The average molecular weight is 342 g/mol. The molecule has 1 aliphatic heterocycles. The van der Waals surface area contributed by atoms with E-state index in [1.165, 1.54) is 12.1 Å². The molecule has 23 heavy (non-hydrogen) atoms. The number of carbonyl (C=O) groups excluding carboxylic acids is 1. The Bertz CT molecular complexity index is 880. The number of nitrogens with one attached hydrogen (secondary N) is 1. The van der Waals surface area contributed by atoms with Gasteiger partial charge in [-0.2, -0.15) is 17.5 Å². The maximum Gasteiger partial charge on any atom is 0.416 e. The molecule has 9 heteroatoms. The van der Waals surface area contributed by atoms with Crippen LogP contribution in [-0.4, -0.2) is 14.4 Å². The summed E-state index contributed by atoms with van der Waals surface area (Å²) in [7, 11) is -4.29. The van der Waals surface area contributed by atoms with E-state index in [4.69, 9.17) is 0 Å². The summed E-state index contributed by atoms with van der Waals surface area (Å²) in [5, 5.41) is 2.18. The lowest BCUT2D eigenvalue weighted by Crippen LogP contribution is -2.44. The number of nitrogens with zero attached hydrogens (tertiary/aromatic N) is 1. The first-order valence-corrected chi connectivity index (χ1v) is 7.78. The molecule has 0 saturated heterocycles. The van der Waals surface area contributed by atoms with E-state index in [0.29, 0.717) is 16.4 Å². The number of carbonyl (C=O) groups is 1. The van der Waals surface area contributed by atoms with E-state index in [2.05, 4.69) is 5.32 Å². The molecule has 0 bridgehead atoms. The van der Waals surface area contributed by atoms with Crippen LogP contribution in [0.15, 0.2) is 53.4 Å². The number of rotatable bonds is 1. The third kappa shape index (κ3) is 2.52. The summed E-state index contributed by atoms with van der Waals surface area (Å²) in [5.41, 5.74) is -1.34. The zero-order valence-corrected chi connectivity index (χ0v) is 12.1. The summed E-state index contributed by atoms with van der Waals surface area (Å²) < 4.78 is 63.8. The number of fused-ring (bicyclic) bond motifs is 1. The van der Waals surface area contributed by atoms with Crippen molar-refractivity contribution in [3.8, 4) is 0 Å². The largest absolute Gasteiger partial charge is 0.416 e. The molecule has 2 aromatic carbocycles. The van der Waals surface area contributed by atoms with Crippen LogP contribution in [0.2, 0.25) is 0 Å². The fourth-order valence-corrected chi connectivity index (χ4v) is 3.71. The first kappa shape index (κ1) is 15.3. The SMILES string of the molecule is O=C1Nc2cc(C(F)(F)F)ccc2S(=O)(=O)N1c1ccccc1. The smallest absolute Gasteiger partial charge is 0.305 e. The number of urea groups is 1. The molecule has 2 aromatic rings. The number of anilines is 2. The van der Waals surface area contributed by atoms with Crippen LogP contribution in [0.25, 0.3) is 0 Å². The van der Waals surface area contributed by atoms with Crippen molar-refractivity contribution in [2.45, 2.75) is 11.1 Å². The molecule has 5 nitrogen and oxygen atoms in total. The van der Waals surface area contributed by atoms with Gasteiger partial charge in [0.15, 0.2) is 0 Å². The molecular formula is C14H9F3N2O3S. The summed E-state index contributed by atoms with van der Waals surface area (Å²) in [6.45, 7) is 0. The first-order valence-electron chi connectivity index (χ1n) is 6.34. The molecule has 120 valence electrons. The zero-order chi connectivity index (χ0) is 16.8. The molecule has 1 N–H and O–H groups in total. The normalized spacial score (nSPS) is 16.7.